The van der Waals surface area contributed by atoms with Gasteiger partial charge in [-0.05, 0) is 12.2 Å². The average molecular weight is 122 g/mol. The van der Waals surface area contributed by atoms with Gasteiger partial charge in [0.25, 0.3) is 5.72 Å². The molecule has 46 valence electrons. The number of allylic oxidation sites excluding steroid dienone is 2. The van der Waals surface area contributed by atoms with E-state index in [0.717, 1.165) is 0 Å². The van der Waals surface area contributed by atoms with Gasteiger partial charge in [0.15, 0.2) is 0 Å². The first-order valence-electron chi connectivity index (χ1n) is 2.49. The van der Waals surface area contributed by atoms with Crippen LogP contribution in [0, 0.1) is 11.3 Å². The van der Waals surface area contributed by atoms with E-state index in [4.69, 9.17) is 15.7 Å². The molecule has 0 fully saturated rings. The van der Waals surface area contributed by atoms with Gasteiger partial charge in [-0.1, -0.05) is 6.08 Å². The number of rotatable bonds is 0. The van der Waals surface area contributed by atoms with Crippen LogP contribution in [0.1, 0.15) is 0 Å². The maximum absolute atomic E-state index is 8.37. The molecule has 0 bridgehead atoms. The van der Waals surface area contributed by atoms with E-state index in [9.17, 15) is 0 Å². The van der Waals surface area contributed by atoms with E-state index < -0.39 is 5.72 Å². The highest BCUT2D eigenvalue weighted by atomic mass is 16.5. The summed E-state index contributed by atoms with van der Waals surface area (Å²) in [5, 5.41) is 8.37. The standard InChI is InChI=1S/C6H6N2O/c7-5-6(8)3-1-2-4-9-6/h1-4H,8H2. The topological polar surface area (TPSA) is 59.0 Å². The van der Waals surface area contributed by atoms with Crippen LogP contribution in [0.25, 0.3) is 0 Å². The van der Waals surface area contributed by atoms with Gasteiger partial charge in [-0.3, -0.25) is 5.73 Å². The van der Waals surface area contributed by atoms with Gasteiger partial charge in [0.1, 0.15) is 6.07 Å². The van der Waals surface area contributed by atoms with Crippen molar-refractivity contribution in [2.24, 2.45) is 5.73 Å². The zero-order chi connectivity index (χ0) is 6.74. The molecule has 0 spiro atoms. The fourth-order valence-corrected chi connectivity index (χ4v) is 0.499. The molecular weight excluding hydrogens is 116 g/mol. The molecule has 3 heteroatoms. The molecule has 0 aliphatic carbocycles. The monoisotopic (exact) mass is 122 g/mol. The number of nitrogens with two attached hydrogens (primary N) is 1. The summed E-state index contributed by atoms with van der Waals surface area (Å²) in [6.45, 7) is 0. The second kappa shape index (κ2) is 1.92. The predicted octanol–water partition coefficient (Wildman–Crippen LogP) is 0.265. The first-order chi connectivity index (χ1) is 4.27. The van der Waals surface area contributed by atoms with Gasteiger partial charge in [-0.25, -0.2) is 0 Å². The smallest absolute Gasteiger partial charge is 0.265 e. The van der Waals surface area contributed by atoms with Crippen LogP contribution >= 0.6 is 0 Å². The predicted molar refractivity (Wildman–Crippen MR) is 31.9 cm³/mol. The lowest BCUT2D eigenvalue weighted by atomic mass is 10.2. The van der Waals surface area contributed by atoms with Crippen molar-refractivity contribution in [3.05, 3.63) is 24.5 Å². The quantitative estimate of drug-likeness (QED) is 0.501. The number of ether oxygens (including phenoxy) is 1. The molecule has 0 aromatic heterocycles. The van der Waals surface area contributed by atoms with Gasteiger partial charge in [0.2, 0.25) is 0 Å². The number of hydrogen-bond donors (Lipinski definition) is 1. The van der Waals surface area contributed by atoms with Crippen LogP contribution in [-0.4, -0.2) is 5.72 Å². The maximum Gasteiger partial charge on any atom is 0.265 e. The van der Waals surface area contributed by atoms with Gasteiger partial charge < -0.3 is 4.74 Å². The first kappa shape index (κ1) is 5.86. The largest absolute Gasteiger partial charge is 0.464 e. The Labute approximate surface area is 53.0 Å². The van der Waals surface area contributed by atoms with Crippen molar-refractivity contribution in [3.63, 3.8) is 0 Å². The highest BCUT2D eigenvalue weighted by Gasteiger charge is 2.21. The molecule has 1 unspecified atom stereocenters. The van der Waals surface area contributed by atoms with E-state index >= 15 is 0 Å². The average Bonchev–Trinajstić information content (AvgIpc) is 1.90. The maximum atomic E-state index is 8.37. The third-order valence-corrected chi connectivity index (χ3v) is 0.971. The third kappa shape index (κ3) is 1.09. The van der Waals surface area contributed by atoms with Crippen molar-refractivity contribution < 1.29 is 4.74 Å². The molecule has 0 aromatic carbocycles. The SMILES string of the molecule is N#CC1(N)C=CC=CO1. The Kier molecular flexibility index (Phi) is 1.25. The second-order valence-corrected chi connectivity index (χ2v) is 1.71. The Hall–Kier alpha value is -1.27. The third-order valence-electron chi connectivity index (χ3n) is 0.971. The lowest BCUT2D eigenvalue weighted by molar-refractivity contribution is 0.125. The lowest BCUT2D eigenvalue weighted by Gasteiger charge is -2.17. The van der Waals surface area contributed by atoms with Gasteiger partial charge in [0, 0.05) is 0 Å². The van der Waals surface area contributed by atoms with E-state index in [1.165, 1.54) is 12.3 Å². The minimum absolute atomic E-state index is 1.24. The van der Waals surface area contributed by atoms with Crippen molar-refractivity contribution in [1.82, 2.24) is 0 Å². The Morgan fingerprint density at radius 2 is 2.33 bits per heavy atom. The van der Waals surface area contributed by atoms with E-state index in [2.05, 4.69) is 0 Å². The van der Waals surface area contributed by atoms with E-state index in [0.29, 0.717) is 0 Å². The molecule has 0 radical (unpaired) electrons. The number of nitriles is 1. The molecule has 1 aliphatic heterocycles. The molecule has 1 heterocycles. The molecule has 0 saturated carbocycles. The second-order valence-electron chi connectivity index (χ2n) is 1.71. The Morgan fingerprint density at radius 1 is 1.56 bits per heavy atom. The van der Waals surface area contributed by atoms with Crippen LogP contribution in [0.2, 0.25) is 0 Å². The molecule has 0 saturated heterocycles. The van der Waals surface area contributed by atoms with Gasteiger partial charge in [0.05, 0.1) is 6.26 Å². The van der Waals surface area contributed by atoms with Gasteiger partial charge >= 0.3 is 0 Å². The fraction of sp³-hybridized carbons (Fsp3) is 0.167. The summed E-state index contributed by atoms with van der Waals surface area (Å²) in [7, 11) is 0. The van der Waals surface area contributed by atoms with E-state index in [1.807, 2.05) is 0 Å². The minimum Gasteiger partial charge on any atom is -0.464 e. The molecule has 1 atom stereocenters. The van der Waals surface area contributed by atoms with E-state index in [-0.39, 0.29) is 0 Å². The van der Waals surface area contributed by atoms with Crippen molar-refractivity contribution >= 4 is 0 Å². The Bertz CT molecular complexity index is 202. The Morgan fingerprint density at radius 3 is 2.67 bits per heavy atom. The minimum atomic E-state index is -1.24. The summed E-state index contributed by atoms with van der Waals surface area (Å²) in [5.41, 5.74) is 4.10. The van der Waals surface area contributed by atoms with Crippen LogP contribution < -0.4 is 5.73 Å². The summed E-state index contributed by atoms with van der Waals surface area (Å²) < 4.78 is 4.76. The van der Waals surface area contributed by atoms with Crippen LogP contribution in [0.4, 0.5) is 0 Å². The van der Waals surface area contributed by atoms with Gasteiger partial charge in [-0.2, -0.15) is 5.26 Å². The summed E-state index contributed by atoms with van der Waals surface area (Å²) in [6, 6.07) is 1.80. The summed E-state index contributed by atoms with van der Waals surface area (Å²) >= 11 is 0. The molecule has 0 amide bonds. The highest BCUT2D eigenvalue weighted by Crippen LogP contribution is 2.08. The van der Waals surface area contributed by atoms with Crippen molar-refractivity contribution in [2.75, 3.05) is 0 Å². The van der Waals surface area contributed by atoms with Crippen LogP contribution in [-0.2, 0) is 4.74 Å². The molecule has 0 aromatic rings. The zero-order valence-electron chi connectivity index (χ0n) is 4.74. The van der Waals surface area contributed by atoms with Gasteiger partial charge in [-0.15, -0.1) is 0 Å². The van der Waals surface area contributed by atoms with Crippen LogP contribution in [0.3, 0.4) is 0 Å². The number of hydrogen-bond acceptors (Lipinski definition) is 3. The van der Waals surface area contributed by atoms with Crippen LogP contribution in [0.5, 0.6) is 0 Å². The normalized spacial score (nSPS) is 31.1. The summed E-state index contributed by atoms with van der Waals surface area (Å²) in [5.74, 6) is 0. The van der Waals surface area contributed by atoms with Crippen molar-refractivity contribution in [3.8, 4) is 6.07 Å². The van der Waals surface area contributed by atoms with Crippen molar-refractivity contribution in [1.29, 1.82) is 5.26 Å². The summed E-state index contributed by atoms with van der Waals surface area (Å²) in [6.07, 6.45) is 6.23. The molecule has 1 rings (SSSR count). The number of nitrogens with zero attached hydrogens (tertiary/aromatic N) is 1. The van der Waals surface area contributed by atoms with Crippen molar-refractivity contribution in [2.45, 2.75) is 5.72 Å². The molecular formula is C6H6N2O. The summed E-state index contributed by atoms with van der Waals surface area (Å²) in [4.78, 5) is 0. The Balaban J connectivity index is 2.77. The fourth-order valence-electron chi connectivity index (χ4n) is 0.499. The lowest BCUT2D eigenvalue weighted by Crippen LogP contribution is -2.38. The van der Waals surface area contributed by atoms with E-state index in [1.54, 1.807) is 18.2 Å². The molecule has 1 aliphatic rings. The highest BCUT2D eigenvalue weighted by molar-refractivity contribution is 5.20. The molecule has 9 heavy (non-hydrogen) atoms. The first-order valence-corrected chi connectivity index (χ1v) is 2.49. The zero-order valence-corrected chi connectivity index (χ0v) is 4.74. The van der Waals surface area contributed by atoms with Crippen LogP contribution in [0.15, 0.2) is 24.5 Å². The molecule has 2 N–H and O–H groups in total. The molecule has 3 nitrogen and oxygen atoms in total.